The van der Waals surface area contributed by atoms with Crippen molar-refractivity contribution in [2.24, 2.45) is 47.3 Å². The van der Waals surface area contributed by atoms with E-state index in [-0.39, 0.29) is 0 Å². The predicted octanol–water partition coefficient (Wildman–Crippen LogP) is 15.3. The highest BCUT2D eigenvalue weighted by Gasteiger charge is 2.41. The van der Waals surface area contributed by atoms with Gasteiger partial charge in [0, 0.05) is 36.3 Å². The second-order valence-electron chi connectivity index (χ2n) is 22.6. The molecule has 56 heavy (non-hydrogen) atoms. The van der Waals surface area contributed by atoms with Gasteiger partial charge in [0.2, 0.25) is 0 Å². The summed E-state index contributed by atoms with van der Waals surface area (Å²) in [6, 6.07) is 5.36. The Hall–Kier alpha value is -0.600. The van der Waals surface area contributed by atoms with Crippen LogP contribution in [0.4, 0.5) is 0 Å². The van der Waals surface area contributed by atoms with Crippen LogP contribution in [0, 0.1) is 47.3 Å². The first kappa shape index (κ1) is 42.1. The summed E-state index contributed by atoms with van der Waals surface area (Å²) in [5, 5.41) is 0. The zero-order valence-corrected chi connectivity index (χ0v) is 37.3. The first-order valence-corrected chi connectivity index (χ1v) is 26.5. The zero-order chi connectivity index (χ0) is 38.1. The largest absolute Gasteiger partial charge is 0.294 e. The van der Waals surface area contributed by atoms with Crippen molar-refractivity contribution < 1.29 is 0 Å². The van der Waals surface area contributed by atoms with Gasteiger partial charge in [0.05, 0.1) is 0 Å². The third-order valence-corrected chi connectivity index (χ3v) is 18.7. The van der Waals surface area contributed by atoms with Crippen LogP contribution in [0.15, 0.2) is 24.3 Å². The summed E-state index contributed by atoms with van der Waals surface area (Å²) >= 11 is 0. The third-order valence-electron chi connectivity index (χ3n) is 18.7. The van der Waals surface area contributed by atoms with Gasteiger partial charge in [-0.1, -0.05) is 102 Å². The summed E-state index contributed by atoms with van der Waals surface area (Å²) in [6.07, 6.45) is 61.4. The van der Waals surface area contributed by atoms with Crippen molar-refractivity contribution in [3.05, 3.63) is 24.3 Å². The van der Waals surface area contributed by atoms with Crippen molar-refractivity contribution in [3.63, 3.8) is 0 Å². The van der Waals surface area contributed by atoms with Crippen LogP contribution < -0.4 is 0 Å². The molecule has 0 spiro atoms. The van der Waals surface area contributed by atoms with E-state index in [0.29, 0.717) is 0 Å². The van der Waals surface area contributed by atoms with Crippen LogP contribution in [0.1, 0.15) is 232 Å². The Bertz CT molecular complexity index is 1050. The number of nitrogens with zero attached hydrogens (tertiary/aromatic N) is 2. The molecule has 2 nitrogen and oxygen atoms in total. The van der Waals surface area contributed by atoms with Crippen molar-refractivity contribution in [1.29, 1.82) is 0 Å². The van der Waals surface area contributed by atoms with E-state index < -0.39 is 0 Å². The molecule has 0 atom stereocenters. The maximum Gasteiger partial charge on any atom is 0.0102 e. The smallest absolute Gasteiger partial charge is 0.0102 e. The summed E-state index contributed by atoms with van der Waals surface area (Å²) < 4.78 is 0. The predicted molar refractivity (Wildman–Crippen MR) is 241 cm³/mol. The first-order chi connectivity index (χ1) is 27.6. The molecule has 0 bridgehead atoms. The summed E-state index contributed by atoms with van der Waals surface area (Å²) in [7, 11) is 0. The van der Waals surface area contributed by atoms with Gasteiger partial charge in [-0.05, 0) is 201 Å². The zero-order valence-electron chi connectivity index (χ0n) is 37.3. The Morgan fingerprint density at radius 2 is 0.482 bits per heavy atom. The van der Waals surface area contributed by atoms with E-state index in [1.54, 1.807) is 25.7 Å². The molecule has 8 aliphatic rings. The van der Waals surface area contributed by atoms with Gasteiger partial charge in [-0.2, -0.15) is 0 Å². The molecule has 8 rings (SSSR count). The molecule has 2 heteroatoms. The molecule has 0 aromatic carbocycles. The molecule has 0 N–H and O–H groups in total. The van der Waals surface area contributed by atoms with Crippen molar-refractivity contribution in [1.82, 2.24) is 9.80 Å². The van der Waals surface area contributed by atoms with Gasteiger partial charge in [-0.3, -0.25) is 9.80 Å². The average Bonchev–Trinajstić information content (AvgIpc) is 3.26. The van der Waals surface area contributed by atoms with Crippen molar-refractivity contribution in [2.75, 3.05) is 0 Å². The van der Waals surface area contributed by atoms with Gasteiger partial charge in [0.25, 0.3) is 0 Å². The Balaban J connectivity index is 0.811. The summed E-state index contributed by atoms with van der Waals surface area (Å²) in [6.45, 7) is 4.92. The standard InChI is InChI=1S/C54H92N2/c1-41-13-17-43(18-14-41)21-23-45-25-33-51(34-26-45)55(49-9-5-3-6-10-49)53-37-29-47(30-38-53)48-31-39-54(40-32-48)56(50-11-7-4-8-12-50)52-35-27-46(28-36-52)24-22-44-19-15-42(2)16-20-44/h21-24,41-54H,3-20,25-40H2,1-2H3. The fourth-order valence-electron chi connectivity index (χ4n) is 15.1. The Kier molecular flexibility index (Phi) is 16.0. The molecular weight excluding hydrogens is 677 g/mol. The minimum Gasteiger partial charge on any atom is -0.294 e. The number of hydrogen-bond acceptors (Lipinski definition) is 2. The molecule has 0 aliphatic heterocycles. The third kappa shape index (κ3) is 11.4. The normalized spacial score (nSPS) is 41.9. The lowest BCUT2D eigenvalue weighted by Gasteiger charge is -2.51. The Labute approximate surface area is 348 Å². The van der Waals surface area contributed by atoms with E-state index in [1.165, 1.54) is 193 Å². The summed E-state index contributed by atoms with van der Waals surface area (Å²) in [5.74, 6) is 7.50. The second-order valence-corrected chi connectivity index (χ2v) is 22.6. The molecular formula is C54H92N2. The first-order valence-electron chi connectivity index (χ1n) is 26.5. The van der Waals surface area contributed by atoms with Gasteiger partial charge in [0.1, 0.15) is 0 Å². The molecule has 8 fully saturated rings. The van der Waals surface area contributed by atoms with Crippen LogP contribution in [0.25, 0.3) is 0 Å². The van der Waals surface area contributed by atoms with E-state index in [9.17, 15) is 0 Å². The van der Waals surface area contributed by atoms with Gasteiger partial charge >= 0.3 is 0 Å². The van der Waals surface area contributed by atoms with Crippen LogP contribution in [-0.2, 0) is 0 Å². The van der Waals surface area contributed by atoms with Crippen LogP contribution in [0.5, 0.6) is 0 Å². The highest BCUT2D eigenvalue weighted by Crippen LogP contribution is 2.45. The molecule has 8 saturated carbocycles. The molecule has 0 unspecified atom stereocenters. The average molecular weight is 769 g/mol. The number of hydrogen-bond donors (Lipinski definition) is 0. The van der Waals surface area contributed by atoms with E-state index in [1.807, 2.05) is 0 Å². The van der Waals surface area contributed by atoms with E-state index >= 15 is 0 Å². The lowest BCUT2D eigenvalue weighted by atomic mass is 9.70. The minimum absolute atomic E-state index is 0.867. The fraction of sp³-hybridized carbons (Fsp3) is 0.926. The Morgan fingerprint density at radius 3 is 0.768 bits per heavy atom. The molecule has 0 aromatic heterocycles. The Morgan fingerprint density at radius 1 is 0.250 bits per heavy atom. The van der Waals surface area contributed by atoms with E-state index in [2.05, 4.69) is 48.0 Å². The van der Waals surface area contributed by atoms with E-state index in [4.69, 9.17) is 0 Å². The van der Waals surface area contributed by atoms with Crippen molar-refractivity contribution >= 4 is 0 Å². The van der Waals surface area contributed by atoms with Crippen LogP contribution in [0.3, 0.4) is 0 Å². The molecule has 8 aliphatic carbocycles. The molecule has 0 heterocycles. The highest BCUT2D eigenvalue weighted by molar-refractivity contribution is 5.01. The lowest BCUT2D eigenvalue weighted by molar-refractivity contribution is -0.00738. The fourth-order valence-corrected chi connectivity index (χ4v) is 15.1. The topological polar surface area (TPSA) is 6.48 Å². The quantitative estimate of drug-likeness (QED) is 0.193. The van der Waals surface area contributed by atoms with Crippen molar-refractivity contribution in [2.45, 2.75) is 268 Å². The van der Waals surface area contributed by atoms with Gasteiger partial charge in [-0.15, -0.1) is 0 Å². The lowest BCUT2D eigenvalue weighted by Crippen LogP contribution is -2.53. The molecule has 0 saturated heterocycles. The maximum atomic E-state index is 3.25. The molecule has 0 aromatic rings. The highest BCUT2D eigenvalue weighted by atomic mass is 15.2. The maximum absolute atomic E-state index is 3.25. The van der Waals surface area contributed by atoms with Crippen LogP contribution in [0.2, 0.25) is 0 Å². The number of rotatable bonds is 11. The van der Waals surface area contributed by atoms with Gasteiger partial charge < -0.3 is 0 Å². The van der Waals surface area contributed by atoms with Gasteiger partial charge in [0.15, 0.2) is 0 Å². The van der Waals surface area contributed by atoms with Crippen LogP contribution >= 0.6 is 0 Å². The van der Waals surface area contributed by atoms with Crippen LogP contribution in [-0.4, -0.2) is 46.1 Å². The summed E-state index contributed by atoms with van der Waals surface area (Å²) in [4.78, 5) is 6.50. The van der Waals surface area contributed by atoms with E-state index in [0.717, 1.165) is 83.6 Å². The molecule has 318 valence electrons. The SMILES string of the molecule is CC1CCC(C=CC2CCC(N(C3CCCCC3)C3CCC(C4CCC(N(C5CCCCC5)C5CCC(C=CC6CCC(C)CC6)CC5)CC4)CC3)CC2)CC1. The molecule has 0 amide bonds. The molecule has 0 radical (unpaired) electrons. The van der Waals surface area contributed by atoms with Gasteiger partial charge in [-0.25, -0.2) is 0 Å². The second kappa shape index (κ2) is 21.3. The monoisotopic (exact) mass is 769 g/mol. The minimum atomic E-state index is 0.867. The summed E-state index contributed by atoms with van der Waals surface area (Å²) in [5.41, 5.74) is 0. The van der Waals surface area contributed by atoms with Crippen molar-refractivity contribution in [3.8, 4) is 0 Å². The number of allylic oxidation sites excluding steroid dienone is 4.